The number of rotatable bonds is 2. The zero-order valence-corrected chi connectivity index (χ0v) is 9.73. The lowest BCUT2D eigenvalue weighted by atomic mass is 10.3. The van der Waals surface area contributed by atoms with E-state index in [-0.39, 0.29) is 21.9 Å². The zero-order chi connectivity index (χ0) is 11.4. The predicted molar refractivity (Wildman–Crippen MR) is 60.1 cm³/mol. The summed E-state index contributed by atoms with van der Waals surface area (Å²) in [6.45, 7) is 3.62. The Kier molecular flexibility index (Phi) is 4.05. The molecular weight excluding hydrogens is 237 g/mol. The first kappa shape index (κ1) is 11.9. The summed E-state index contributed by atoms with van der Waals surface area (Å²) in [5.74, 6) is -0.311. The number of allylic oxidation sites excluding steroid dienone is 1. The summed E-state index contributed by atoms with van der Waals surface area (Å²) in [4.78, 5) is 18.8. The number of aromatic nitrogens is 2. The molecule has 1 N–H and O–H groups in total. The molecule has 0 saturated carbocycles. The van der Waals surface area contributed by atoms with Crippen molar-refractivity contribution < 1.29 is 4.79 Å². The number of carbonyl (C=O) groups is 1. The Morgan fingerprint density at radius 2 is 1.87 bits per heavy atom. The van der Waals surface area contributed by atoms with Crippen LogP contribution in [0.25, 0.3) is 0 Å². The summed E-state index contributed by atoms with van der Waals surface area (Å²) >= 11 is 11.5. The molecule has 6 heteroatoms. The Bertz CT molecular complexity index is 394. The van der Waals surface area contributed by atoms with Gasteiger partial charge in [-0.25, -0.2) is 9.97 Å². The molecule has 0 aliphatic rings. The van der Waals surface area contributed by atoms with Gasteiger partial charge in [-0.1, -0.05) is 28.8 Å². The van der Waals surface area contributed by atoms with Gasteiger partial charge in [-0.05, 0) is 13.8 Å². The van der Waals surface area contributed by atoms with Crippen molar-refractivity contribution in [2.24, 2.45) is 0 Å². The molecule has 1 aromatic rings. The fourth-order valence-electron chi connectivity index (χ4n) is 0.869. The highest BCUT2D eigenvalue weighted by Gasteiger charge is 2.09. The number of nitrogens with one attached hydrogen (secondary N) is 1. The lowest BCUT2D eigenvalue weighted by molar-refractivity contribution is -0.111. The van der Waals surface area contributed by atoms with Gasteiger partial charge in [-0.15, -0.1) is 0 Å². The minimum atomic E-state index is -0.311. The number of hydrogen-bond acceptors (Lipinski definition) is 3. The normalized spacial score (nSPS) is 9.60. The van der Waals surface area contributed by atoms with E-state index < -0.39 is 0 Å². The molecule has 1 aromatic heterocycles. The monoisotopic (exact) mass is 245 g/mol. The Morgan fingerprint density at radius 1 is 1.33 bits per heavy atom. The first-order valence-corrected chi connectivity index (χ1v) is 4.88. The van der Waals surface area contributed by atoms with Gasteiger partial charge in [-0.3, -0.25) is 4.79 Å². The van der Waals surface area contributed by atoms with E-state index in [9.17, 15) is 4.79 Å². The van der Waals surface area contributed by atoms with E-state index in [2.05, 4.69) is 15.3 Å². The third-order valence-corrected chi connectivity index (χ3v) is 2.00. The lowest BCUT2D eigenvalue weighted by Gasteiger charge is -2.05. The molecule has 0 spiro atoms. The standard InChI is InChI=1S/C9H9Cl2N3O/c1-5(2)3-6(15)14-7-8(10)12-4-13-9(7)11/h3-4H,1-2H3,(H,14,15). The van der Waals surface area contributed by atoms with Crippen LogP contribution in [-0.2, 0) is 4.79 Å². The molecule has 0 fully saturated rings. The molecular formula is C9H9Cl2N3O. The molecule has 0 aromatic carbocycles. The number of amides is 1. The van der Waals surface area contributed by atoms with Gasteiger partial charge in [0.05, 0.1) is 0 Å². The van der Waals surface area contributed by atoms with Crippen LogP contribution in [0.4, 0.5) is 5.69 Å². The van der Waals surface area contributed by atoms with E-state index in [1.165, 1.54) is 12.4 Å². The fraction of sp³-hybridized carbons (Fsp3) is 0.222. The average Bonchev–Trinajstić information content (AvgIpc) is 2.10. The second-order valence-electron chi connectivity index (χ2n) is 3.04. The summed E-state index contributed by atoms with van der Waals surface area (Å²) in [6.07, 6.45) is 2.65. The summed E-state index contributed by atoms with van der Waals surface area (Å²) in [7, 11) is 0. The minimum absolute atomic E-state index is 0.116. The quantitative estimate of drug-likeness (QED) is 0.644. The highest BCUT2D eigenvalue weighted by Crippen LogP contribution is 2.25. The topological polar surface area (TPSA) is 54.9 Å². The summed E-state index contributed by atoms with van der Waals surface area (Å²) < 4.78 is 0. The van der Waals surface area contributed by atoms with Crippen LogP contribution in [0.5, 0.6) is 0 Å². The molecule has 4 nitrogen and oxygen atoms in total. The Labute approximate surface area is 97.3 Å². The van der Waals surface area contributed by atoms with Gasteiger partial charge in [0.25, 0.3) is 0 Å². The highest BCUT2D eigenvalue weighted by molar-refractivity contribution is 6.38. The average molecular weight is 246 g/mol. The molecule has 0 aliphatic carbocycles. The van der Waals surface area contributed by atoms with Gasteiger partial charge in [0.15, 0.2) is 10.3 Å². The fourth-order valence-corrected chi connectivity index (χ4v) is 1.28. The molecule has 0 bridgehead atoms. The van der Waals surface area contributed by atoms with Gasteiger partial charge in [0.1, 0.15) is 12.0 Å². The summed E-state index contributed by atoms with van der Waals surface area (Å²) in [5.41, 5.74) is 1.10. The molecule has 0 aliphatic heterocycles. The zero-order valence-electron chi connectivity index (χ0n) is 8.21. The largest absolute Gasteiger partial charge is 0.317 e. The summed E-state index contributed by atoms with van der Waals surface area (Å²) in [5, 5.41) is 2.74. The number of nitrogens with zero attached hydrogens (tertiary/aromatic N) is 2. The van der Waals surface area contributed by atoms with Crippen LogP contribution in [0, 0.1) is 0 Å². The van der Waals surface area contributed by atoms with Gasteiger partial charge >= 0.3 is 0 Å². The van der Waals surface area contributed by atoms with Crippen molar-refractivity contribution >= 4 is 34.8 Å². The van der Waals surface area contributed by atoms with E-state index in [0.717, 1.165) is 5.57 Å². The van der Waals surface area contributed by atoms with Gasteiger partial charge in [-0.2, -0.15) is 0 Å². The molecule has 15 heavy (non-hydrogen) atoms. The minimum Gasteiger partial charge on any atom is -0.317 e. The maximum atomic E-state index is 11.4. The van der Waals surface area contributed by atoms with Crippen LogP contribution < -0.4 is 5.32 Å². The van der Waals surface area contributed by atoms with E-state index in [1.54, 1.807) is 0 Å². The predicted octanol–water partition coefficient (Wildman–Crippen LogP) is 2.69. The molecule has 0 unspecified atom stereocenters. The van der Waals surface area contributed by atoms with E-state index in [0.29, 0.717) is 0 Å². The maximum Gasteiger partial charge on any atom is 0.248 e. The molecule has 1 amide bonds. The Balaban J connectivity index is 2.90. The van der Waals surface area contributed by atoms with E-state index in [1.807, 2.05) is 13.8 Å². The van der Waals surface area contributed by atoms with E-state index in [4.69, 9.17) is 23.2 Å². The third-order valence-electron chi connectivity index (χ3n) is 1.42. The third kappa shape index (κ3) is 3.49. The van der Waals surface area contributed by atoms with Crippen molar-refractivity contribution in [2.75, 3.05) is 5.32 Å². The smallest absolute Gasteiger partial charge is 0.248 e. The Morgan fingerprint density at radius 3 is 2.33 bits per heavy atom. The molecule has 1 heterocycles. The SMILES string of the molecule is CC(C)=CC(=O)Nc1c(Cl)ncnc1Cl. The van der Waals surface area contributed by atoms with Crippen LogP contribution in [0.15, 0.2) is 18.0 Å². The Hall–Kier alpha value is -1.13. The second kappa shape index (κ2) is 5.09. The lowest BCUT2D eigenvalue weighted by Crippen LogP contribution is -2.10. The van der Waals surface area contributed by atoms with Gasteiger partial charge in [0, 0.05) is 6.08 Å². The van der Waals surface area contributed by atoms with Crippen molar-refractivity contribution in [1.29, 1.82) is 0 Å². The van der Waals surface area contributed by atoms with Crippen molar-refractivity contribution in [3.63, 3.8) is 0 Å². The molecule has 80 valence electrons. The maximum absolute atomic E-state index is 11.4. The van der Waals surface area contributed by atoms with Gasteiger partial charge < -0.3 is 5.32 Å². The van der Waals surface area contributed by atoms with Gasteiger partial charge in [0.2, 0.25) is 5.91 Å². The first-order chi connectivity index (χ1) is 7.00. The van der Waals surface area contributed by atoms with Crippen molar-refractivity contribution in [1.82, 2.24) is 9.97 Å². The van der Waals surface area contributed by atoms with Crippen LogP contribution >= 0.6 is 23.2 Å². The van der Waals surface area contributed by atoms with Crippen molar-refractivity contribution in [2.45, 2.75) is 13.8 Å². The molecule has 1 rings (SSSR count). The van der Waals surface area contributed by atoms with Crippen LogP contribution in [-0.4, -0.2) is 15.9 Å². The first-order valence-electron chi connectivity index (χ1n) is 4.12. The number of anilines is 1. The number of hydrogen-bond donors (Lipinski definition) is 1. The molecule has 0 atom stereocenters. The highest BCUT2D eigenvalue weighted by atomic mass is 35.5. The second-order valence-corrected chi connectivity index (χ2v) is 3.76. The van der Waals surface area contributed by atoms with Crippen LogP contribution in [0.1, 0.15) is 13.8 Å². The van der Waals surface area contributed by atoms with Crippen molar-refractivity contribution in [3.8, 4) is 0 Å². The molecule has 0 saturated heterocycles. The van der Waals surface area contributed by atoms with Crippen LogP contribution in [0.2, 0.25) is 10.3 Å². The molecule has 0 radical (unpaired) electrons. The summed E-state index contributed by atoms with van der Waals surface area (Å²) in [6, 6.07) is 0. The van der Waals surface area contributed by atoms with E-state index >= 15 is 0 Å². The van der Waals surface area contributed by atoms with Crippen molar-refractivity contribution in [3.05, 3.63) is 28.3 Å². The van der Waals surface area contributed by atoms with Crippen LogP contribution in [0.3, 0.4) is 0 Å². The number of carbonyl (C=O) groups excluding carboxylic acids is 1. The number of halogens is 2.